The zero-order valence-corrected chi connectivity index (χ0v) is 21.4. The number of aryl methyl sites for hydroxylation is 1. The molecule has 178 valence electrons. The Kier molecular flexibility index (Phi) is 7.36. The van der Waals surface area contributed by atoms with E-state index in [0.717, 1.165) is 36.1 Å². The molecule has 4 heteroatoms. The molecule has 1 unspecified atom stereocenters. The van der Waals surface area contributed by atoms with Crippen LogP contribution in [0.15, 0.2) is 48.5 Å². The van der Waals surface area contributed by atoms with E-state index in [0.29, 0.717) is 6.54 Å². The molecular weight excluding hydrogens is 408 g/mol. The minimum Gasteiger partial charge on any atom is -0.335 e. The molecular formula is C29H40N2O2. The first-order valence-corrected chi connectivity index (χ1v) is 12.1. The Bertz CT molecular complexity index is 997. The number of likely N-dealkylation sites (tertiary alicyclic amines) is 1. The number of carbonyl (C=O) groups is 2. The lowest BCUT2D eigenvalue weighted by Gasteiger charge is -2.43. The van der Waals surface area contributed by atoms with Crippen molar-refractivity contribution in [1.29, 1.82) is 0 Å². The van der Waals surface area contributed by atoms with Crippen LogP contribution in [0.4, 0.5) is 5.69 Å². The van der Waals surface area contributed by atoms with Crippen molar-refractivity contribution in [2.45, 2.75) is 79.2 Å². The smallest absolute Gasteiger partial charge is 0.254 e. The van der Waals surface area contributed by atoms with Gasteiger partial charge in [0, 0.05) is 23.8 Å². The predicted molar refractivity (Wildman–Crippen MR) is 137 cm³/mol. The van der Waals surface area contributed by atoms with Crippen molar-refractivity contribution in [1.82, 2.24) is 4.90 Å². The molecule has 0 saturated carbocycles. The van der Waals surface area contributed by atoms with E-state index in [1.54, 1.807) is 0 Å². The van der Waals surface area contributed by atoms with Crippen LogP contribution in [-0.2, 0) is 10.2 Å². The number of rotatable bonds is 4. The van der Waals surface area contributed by atoms with Crippen molar-refractivity contribution in [2.24, 2.45) is 11.3 Å². The Labute approximate surface area is 199 Å². The standard InChI is InChI=1S/C29H40N2O2/c1-20-12-8-9-15-23(20)27(33)31-17-11-16-24(25(31)19-28(2,3)4)26(32)30-22-14-10-13-21(18-22)29(5,6)7/h8-10,12-15,18,24-25H,11,16-17,19H2,1-7H3,(H,30,32)/t24-,25?/m0/s1. The van der Waals surface area contributed by atoms with Crippen LogP contribution >= 0.6 is 0 Å². The van der Waals surface area contributed by atoms with Gasteiger partial charge in [0.15, 0.2) is 0 Å². The Morgan fingerprint density at radius 3 is 2.33 bits per heavy atom. The van der Waals surface area contributed by atoms with Crippen LogP contribution in [0.25, 0.3) is 0 Å². The monoisotopic (exact) mass is 448 g/mol. The van der Waals surface area contributed by atoms with Gasteiger partial charge in [-0.2, -0.15) is 0 Å². The maximum absolute atomic E-state index is 13.6. The van der Waals surface area contributed by atoms with Gasteiger partial charge in [0.25, 0.3) is 5.91 Å². The van der Waals surface area contributed by atoms with Gasteiger partial charge >= 0.3 is 0 Å². The van der Waals surface area contributed by atoms with Gasteiger partial charge in [0.05, 0.1) is 5.92 Å². The van der Waals surface area contributed by atoms with Gasteiger partial charge in [-0.15, -0.1) is 0 Å². The molecule has 0 bridgehead atoms. The van der Waals surface area contributed by atoms with Crippen LogP contribution in [0.2, 0.25) is 0 Å². The summed E-state index contributed by atoms with van der Waals surface area (Å²) in [6, 6.07) is 15.7. The number of piperidine rings is 1. The topological polar surface area (TPSA) is 49.4 Å². The third-order valence-electron chi connectivity index (χ3n) is 6.57. The van der Waals surface area contributed by atoms with Crippen LogP contribution in [0, 0.1) is 18.3 Å². The van der Waals surface area contributed by atoms with Crippen LogP contribution in [0.1, 0.15) is 82.3 Å². The van der Waals surface area contributed by atoms with Gasteiger partial charge in [-0.25, -0.2) is 0 Å². The summed E-state index contributed by atoms with van der Waals surface area (Å²) in [6.45, 7) is 15.7. The molecule has 1 heterocycles. The highest BCUT2D eigenvalue weighted by Gasteiger charge is 2.40. The van der Waals surface area contributed by atoms with E-state index < -0.39 is 0 Å². The second-order valence-corrected chi connectivity index (χ2v) is 11.7. The molecule has 1 aliphatic heterocycles. The average molecular weight is 449 g/mol. The summed E-state index contributed by atoms with van der Waals surface area (Å²) < 4.78 is 0. The average Bonchev–Trinajstić information content (AvgIpc) is 2.72. The van der Waals surface area contributed by atoms with Crippen molar-refractivity contribution in [3.05, 3.63) is 65.2 Å². The van der Waals surface area contributed by atoms with Gasteiger partial charge in [-0.05, 0) is 66.3 Å². The molecule has 33 heavy (non-hydrogen) atoms. The van der Waals surface area contributed by atoms with Crippen molar-refractivity contribution in [3.63, 3.8) is 0 Å². The predicted octanol–water partition coefficient (Wildman–Crippen LogP) is 6.59. The molecule has 0 aliphatic carbocycles. The number of hydrogen-bond donors (Lipinski definition) is 1. The molecule has 1 aliphatic rings. The molecule has 1 N–H and O–H groups in total. The molecule has 2 aromatic carbocycles. The van der Waals surface area contributed by atoms with Gasteiger partial charge in [-0.3, -0.25) is 9.59 Å². The summed E-state index contributed by atoms with van der Waals surface area (Å²) in [5.41, 5.74) is 3.72. The van der Waals surface area contributed by atoms with Gasteiger partial charge in [0.1, 0.15) is 0 Å². The van der Waals surface area contributed by atoms with Gasteiger partial charge in [0.2, 0.25) is 5.91 Å². The van der Waals surface area contributed by atoms with Crippen molar-refractivity contribution in [2.75, 3.05) is 11.9 Å². The number of anilines is 1. The number of nitrogens with zero attached hydrogens (tertiary/aromatic N) is 1. The van der Waals surface area contributed by atoms with Crippen LogP contribution in [0.3, 0.4) is 0 Å². The minimum atomic E-state index is -0.232. The van der Waals surface area contributed by atoms with E-state index >= 15 is 0 Å². The second-order valence-electron chi connectivity index (χ2n) is 11.7. The third-order valence-corrected chi connectivity index (χ3v) is 6.57. The fraction of sp³-hybridized carbons (Fsp3) is 0.517. The van der Waals surface area contributed by atoms with E-state index in [9.17, 15) is 9.59 Å². The van der Waals surface area contributed by atoms with Gasteiger partial charge < -0.3 is 10.2 Å². The van der Waals surface area contributed by atoms with E-state index in [1.165, 1.54) is 5.56 Å². The van der Waals surface area contributed by atoms with Crippen LogP contribution < -0.4 is 5.32 Å². The van der Waals surface area contributed by atoms with E-state index in [2.05, 4.69) is 59.0 Å². The van der Waals surface area contributed by atoms with E-state index in [1.807, 2.05) is 48.2 Å². The van der Waals surface area contributed by atoms with Crippen molar-refractivity contribution in [3.8, 4) is 0 Å². The summed E-state index contributed by atoms with van der Waals surface area (Å²) >= 11 is 0. The molecule has 1 saturated heterocycles. The number of hydrogen-bond acceptors (Lipinski definition) is 2. The van der Waals surface area contributed by atoms with E-state index in [-0.39, 0.29) is 34.6 Å². The molecule has 2 atom stereocenters. The molecule has 2 amide bonds. The molecule has 0 aromatic heterocycles. The van der Waals surface area contributed by atoms with Crippen LogP contribution in [0.5, 0.6) is 0 Å². The SMILES string of the molecule is Cc1ccccc1C(=O)N1CCC[C@H](C(=O)Nc2cccc(C(C)(C)C)c2)C1CC(C)(C)C. The number of amides is 2. The number of carbonyl (C=O) groups excluding carboxylic acids is 2. The quantitative estimate of drug-likeness (QED) is 0.574. The van der Waals surface area contributed by atoms with Gasteiger partial charge in [-0.1, -0.05) is 71.9 Å². The Morgan fingerprint density at radius 2 is 1.70 bits per heavy atom. The highest BCUT2D eigenvalue weighted by Crippen LogP contribution is 2.35. The summed E-state index contributed by atoms with van der Waals surface area (Å²) in [5, 5.41) is 3.17. The van der Waals surface area contributed by atoms with Crippen molar-refractivity contribution < 1.29 is 9.59 Å². The minimum absolute atomic E-state index is 0.00303. The highest BCUT2D eigenvalue weighted by atomic mass is 16.2. The first kappa shape index (κ1) is 25.0. The normalized spacial score (nSPS) is 19.3. The number of benzene rings is 2. The third kappa shape index (κ3) is 6.25. The lowest BCUT2D eigenvalue weighted by Crippen LogP contribution is -2.53. The molecule has 3 rings (SSSR count). The fourth-order valence-corrected chi connectivity index (χ4v) is 4.76. The van der Waals surface area contributed by atoms with E-state index in [4.69, 9.17) is 0 Å². The summed E-state index contributed by atoms with van der Waals surface area (Å²) in [5.74, 6) is -0.184. The molecule has 0 spiro atoms. The zero-order chi connectivity index (χ0) is 24.4. The Hall–Kier alpha value is -2.62. The summed E-state index contributed by atoms with van der Waals surface area (Å²) in [7, 11) is 0. The first-order valence-electron chi connectivity index (χ1n) is 12.1. The zero-order valence-electron chi connectivity index (χ0n) is 21.4. The Balaban J connectivity index is 1.88. The van der Waals surface area contributed by atoms with Crippen molar-refractivity contribution >= 4 is 17.5 Å². The fourth-order valence-electron chi connectivity index (χ4n) is 4.76. The molecule has 1 fully saturated rings. The maximum Gasteiger partial charge on any atom is 0.254 e. The maximum atomic E-state index is 13.6. The largest absolute Gasteiger partial charge is 0.335 e. The number of nitrogens with one attached hydrogen (secondary N) is 1. The lowest BCUT2D eigenvalue weighted by molar-refractivity contribution is -0.123. The first-order chi connectivity index (χ1) is 15.4. The summed E-state index contributed by atoms with van der Waals surface area (Å²) in [4.78, 5) is 29.1. The molecule has 0 radical (unpaired) electrons. The second kappa shape index (κ2) is 9.70. The molecule has 2 aromatic rings. The Morgan fingerprint density at radius 1 is 1.00 bits per heavy atom. The lowest BCUT2D eigenvalue weighted by atomic mass is 9.78. The molecule has 4 nitrogen and oxygen atoms in total. The van der Waals surface area contributed by atoms with Crippen LogP contribution in [-0.4, -0.2) is 29.3 Å². The highest BCUT2D eigenvalue weighted by molar-refractivity contribution is 5.97. The summed E-state index contributed by atoms with van der Waals surface area (Å²) in [6.07, 6.45) is 2.41.